The molecule has 0 fully saturated rings. The molecule has 0 spiro atoms. The van der Waals surface area contributed by atoms with Gasteiger partial charge in [0, 0.05) is 29.7 Å². The van der Waals surface area contributed by atoms with Gasteiger partial charge >= 0.3 is 0 Å². The maximum absolute atomic E-state index is 14.9. The van der Waals surface area contributed by atoms with E-state index < -0.39 is 22.3 Å². The zero-order valence-corrected chi connectivity index (χ0v) is 20.2. The molecule has 10 heteroatoms. The lowest BCUT2D eigenvalue weighted by Crippen LogP contribution is -2.42. The molecule has 180 valence electrons. The van der Waals surface area contributed by atoms with Gasteiger partial charge in [0.25, 0.3) is 0 Å². The first-order chi connectivity index (χ1) is 16.1. The van der Waals surface area contributed by atoms with Crippen molar-refractivity contribution in [2.45, 2.75) is 38.0 Å². The number of fused-ring (bicyclic) bond motifs is 1. The van der Waals surface area contributed by atoms with Crippen LogP contribution in [0.5, 0.6) is 0 Å². The Hall–Kier alpha value is -3.14. The van der Waals surface area contributed by atoms with Gasteiger partial charge in [0.1, 0.15) is 29.8 Å². The molecule has 0 unspecified atom stereocenters. The minimum absolute atomic E-state index is 0.0191. The third-order valence-electron chi connectivity index (χ3n) is 5.54. The van der Waals surface area contributed by atoms with E-state index >= 15 is 0 Å². The molecule has 1 atom stereocenters. The van der Waals surface area contributed by atoms with Crippen LogP contribution in [-0.2, 0) is 28.6 Å². The highest BCUT2D eigenvalue weighted by atomic mass is 32.2. The van der Waals surface area contributed by atoms with Gasteiger partial charge in [-0.3, -0.25) is 19.2 Å². The van der Waals surface area contributed by atoms with E-state index in [4.69, 9.17) is 4.42 Å². The van der Waals surface area contributed by atoms with Crippen LogP contribution in [0.4, 0.5) is 14.6 Å². The molecule has 0 radical (unpaired) electrons. The van der Waals surface area contributed by atoms with E-state index in [-0.39, 0.29) is 36.2 Å². The van der Waals surface area contributed by atoms with Crippen LogP contribution < -0.4 is 10.2 Å². The summed E-state index contributed by atoms with van der Waals surface area (Å²) in [5.74, 6) is -0.988. The molecule has 0 aliphatic carbocycles. The third-order valence-corrected chi connectivity index (χ3v) is 6.78. The number of furan rings is 1. The summed E-state index contributed by atoms with van der Waals surface area (Å²) in [6.07, 6.45) is 1.52. The lowest BCUT2D eigenvalue weighted by molar-refractivity contribution is -0.123. The first-order valence-corrected chi connectivity index (χ1v) is 11.8. The van der Waals surface area contributed by atoms with Crippen molar-refractivity contribution in [2.75, 3.05) is 17.2 Å². The van der Waals surface area contributed by atoms with E-state index in [9.17, 15) is 18.4 Å². The summed E-state index contributed by atoms with van der Waals surface area (Å²) in [5, 5.41) is 6.83. The van der Waals surface area contributed by atoms with Crippen LogP contribution in [-0.4, -0.2) is 33.9 Å². The Kier molecular flexibility index (Phi) is 6.53. The van der Waals surface area contributed by atoms with Crippen LogP contribution in [0, 0.1) is 11.6 Å². The Morgan fingerprint density at radius 3 is 2.71 bits per heavy atom. The molecule has 2 aromatic heterocycles. The molecule has 3 aromatic rings. The number of carbonyl (C=O) groups excluding carboxylic acids is 2. The van der Waals surface area contributed by atoms with E-state index in [0.29, 0.717) is 22.8 Å². The Balaban J connectivity index is 1.76. The highest BCUT2D eigenvalue weighted by Gasteiger charge is 2.39. The zero-order valence-electron chi connectivity index (χ0n) is 19.4. The van der Waals surface area contributed by atoms with Gasteiger partial charge in [0.15, 0.2) is 0 Å². The number of nitrogens with zero attached hydrogens (tertiary/aromatic N) is 3. The van der Waals surface area contributed by atoms with Gasteiger partial charge in [-0.2, -0.15) is 5.10 Å². The van der Waals surface area contributed by atoms with Gasteiger partial charge in [-0.25, -0.2) is 8.78 Å². The van der Waals surface area contributed by atoms with Crippen LogP contribution in [0.1, 0.15) is 48.6 Å². The molecule has 7 nitrogen and oxygen atoms in total. The van der Waals surface area contributed by atoms with Crippen molar-refractivity contribution in [3.8, 4) is 0 Å². The molecular weight excluding hydrogens is 462 g/mol. The number of amides is 2. The van der Waals surface area contributed by atoms with Crippen molar-refractivity contribution in [3.63, 3.8) is 0 Å². The van der Waals surface area contributed by atoms with Crippen LogP contribution in [0.15, 0.2) is 41.0 Å². The lowest BCUT2D eigenvalue weighted by Gasteiger charge is -2.24. The van der Waals surface area contributed by atoms with Crippen molar-refractivity contribution in [2.24, 2.45) is 7.05 Å². The molecule has 4 rings (SSSR count). The topological polar surface area (TPSA) is 80.4 Å². The molecule has 1 aromatic carbocycles. The van der Waals surface area contributed by atoms with Crippen molar-refractivity contribution in [1.29, 1.82) is 0 Å². The minimum atomic E-state index is -0.691. The monoisotopic (exact) mass is 488 g/mol. The fraction of sp³-hybridized carbons (Fsp3) is 0.375. The molecule has 0 saturated heterocycles. The number of halogens is 2. The van der Waals surface area contributed by atoms with Crippen LogP contribution in [0.25, 0.3) is 0 Å². The van der Waals surface area contributed by atoms with Gasteiger partial charge in [-0.1, -0.05) is 26.8 Å². The molecule has 34 heavy (non-hydrogen) atoms. The molecule has 1 aliphatic rings. The number of thioether (sulfide) groups is 1. The Labute approximate surface area is 200 Å². The number of rotatable bonds is 5. The summed E-state index contributed by atoms with van der Waals surface area (Å²) in [7, 11) is 1.70. The molecule has 2 amide bonds. The summed E-state index contributed by atoms with van der Waals surface area (Å²) < 4.78 is 35.3. The molecule has 0 saturated carbocycles. The van der Waals surface area contributed by atoms with Crippen LogP contribution >= 0.6 is 11.8 Å². The number of hydrogen-bond donors (Lipinski definition) is 1. The molecule has 1 aliphatic heterocycles. The summed E-state index contributed by atoms with van der Waals surface area (Å²) >= 11 is 1.24. The molecule has 1 N–H and O–H groups in total. The van der Waals surface area contributed by atoms with E-state index in [1.165, 1.54) is 35.1 Å². The highest BCUT2D eigenvalue weighted by Crippen LogP contribution is 2.48. The van der Waals surface area contributed by atoms with E-state index in [2.05, 4.69) is 10.4 Å². The SMILES string of the molecule is Cn1nc(C(C)(C)C)c2c1N(CC(=O)NCc1ccco1)C(=O)CS[C@@H]2c1ccc(F)cc1F. The number of carbonyl (C=O) groups is 2. The first kappa shape index (κ1) is 24.0. The number of nitrogens with one attached hydrogen (secondary N) is 1. The highest BCUT2D eigenvalue weighted by molar-refractivity contribution is 8.00. The number of aryl methyl sites for hydroxylation is 1. The lowest BCUT2D eigenvalue weighted by atomic mass is 9.87. The molecule has 0 bridgehead atoms. The number of anilines is 1. The standard InChI is InChI=1S/C24H26F2N4O3S/c1-24(2,3)22-20-21(16-8-7-14(25)10-17(16)26)34-13-19(32)30(23(20)29(4)28-22)12-18(31)27-11-15-6-5-9-33-15/h5-10,21H,11-13H2,1-4H3,(H,27,31)/t21-/m1/s1. The Bertz CT molecular complexity index is 1220. The second-order valence-electron chi connectivity index (χ2n) is 9.15. The molecule has 3 heterocycles. The first-order valence-electron chi connectivity index (χ1n) is 10.8. The number of aromatic nitrogens is 2. The van der Waals surface area contributed by atoms with E-state index in [1.54, 1.807) is 23.9 Å². The maximum Gasteiger partial charge on any atom is 0.240 e. The van der Waals surface area contributed by atoms with E-state index in [0.717, 1.165) is 6.07 Å². The predicted octanol–water partition coefficient (Wildman–Crippen LogP) is 4.07. The van der Waals surface area contributed by atoms with Crippen molar-refractivity contribution >= 4 is 29.4 Å². The number of hydrogen-bond acceptors (Lipinski definition) is 5. The summed E-state index contributed by atoms with van der Waals surface area (Å²) in [6, 6.07) is 6.92. The van der Waals surface area contributed by atoms with Gasteiger partial charge in [0.05, 0.1) is 29.5 Å². The van der Waals surface area contributed by atoms with Gasteiger partial charge in [-0.15, -0.1) is 11.8 Å². The maximum atomic E-state index is 14.9. The summed E-state index contributed by atoms with van der Waals surface area (Å²) in [6.45, 7) is 5.90. The van der Waals surface area contributed by atoms with E-state index in [1.807, 2.05) is 20.8 Å². The van der Waals surface area contributed by atoms with Crippen molar-refractivity contribution in [3.05, 3.63) is 70.8 Å². The smallest absolute Gasteiger partial charge is 0.240 e. The van der Waals surface area contributed by atoms with Crippen LogP contribution in [0.3, 0.4) is 0 Å². The third kappa shape index (κ3) is 4.72. The molecular formula is C24H26F2N4O3S. The predicted molar refractivity (Wildman–Crippen MR) is 125 cm³/mol. The quantitative estimate of drug-likeness (QED) is 0.586. The van der Waals surface area contributed by atoms with Gasteiger partial charge in [-0.05, 0) is 18.2 Å². The number of benzene rings is 1. The normalized spacial score (nSPS) is 16.4. The minimum Gasteiger partial charge on any atom is -0.467 e. The van der Waals surface area contributed by atoms with Crippen LogP contribution in [0.2, 0.25) is 0 Å². The summed E-state index contributed by atoms with van der Waals surface area (Å²) in [4.78, 5) is 27.3. The second kappa shape index (κ2) is 9.25. The fourth-order valence-electron chi connectivity index (χ4n) is 4.00. The average Bonchev–Trinajstić information content (AvgIpc) is 3.36. The van der Waals surface area contributed by atoms with Gasteiger partial charge < -0.3 is 9.73 Å². The van der Waals surface area contributed by atoms with Crippen molar-refractivity contribution in [1.82, 2.24) is 15.1 Å². The van der Waals surface area contributed by atoms with Crippen molar-refractivity contribution < 1.29 is 22.8 Å². The average molecular weight is 489 g/mol. The fourth-order valence-corrected chi connectivity index (χ4v) is 5.22. The zero-order chi connectivity index (χ0) is 24.6. The van der Waals surface area contributed by atoms with Gasteiger partial charge in [0.2, 0.25) is 11.8 Å². The Morgan fingerprint density at radius 2 is 2.06 bits per heavy atom. The summed E-state index contributed by atoms with van der Waals surface area (Å²) in [5.41, 5.74) is 1.17. The second-order valence-corrected chi connectivity index (χ2v) is 10.2. The largest absolute Gasteiger partial charge is 0.467 e. The Morgan fingerprint density at radius 1 is 1.29 bits per heavy atom.